The number of piperidine rings is 1. The van der Waals surface area contributed by atoms with E-state index in [0.29, 0.717) is 12.5 Å². The Morgan fingerprint density at radius 1 is 1.54 bits per heavy atom. The number of rotatable bonds is 2. The number of β-amino-alcohol motifs (C(OH)–C–C–N with tert-alkyl or cyclic N) is 1. The molecule has 1 heterocycles. The maximum Gasteiger partial charge on any atom is 0.146 e. The summed E-state index contributed by atoms with van der Waals surface area (Å²) >= 11 is 0. The molecule has 0 aromatic heterocycles. The molecule has 0 bridgehead atoms. The van der Waals surface area contributed by atoms with E-state index in [1.54, 1.807) is 6.92 Å². The predicted octanol–water partition coefficient (Wildman–Crippen LogP) is 0.667. The molecule has 3 nitrogen and oxygen atoms in total. The average molecular weight is 185 g/mol. The lowest BCUT2D eigenvalue weighted by molar-refractivity contribution is -0.123. The third kappa shape index (κ3) is 2.78. The van der Waals surface area contributed by atoms with E-state index in [9.17, 15) is 9.90 Å². The van der Waals surface area contributed by atoms with Crippen molar-refractivity contribution in [1.29, 1.82) is 0 Å². The normalized spacial score (nSPS) is 32.9. The highest BCUT2D eigenvalue weighted by Crippen LogP contribution is 2.18. The van der Waals surface area contributed by atoms with Gasteiger partial charge >= 0.3 is 0 Å². The van der Waals surface area contributed by atoms with Crippen molar-refractivity contribution in [2.24, 2.45) is 5.92 Å². The summed E-state index contributed by atoms with van der Waals surface area (Å²) in [7, 11) is 0. The van der Waals surface area contributed by atoms with E-state index in [-0.39, 0.29) is 17.9 Å². The fraction of sp³-hybridized carbons (Fsp3) is 0.900. The van der Waals surface area contributed by atoms with Crippen LogP contribution >= 0.6 is 0 Å². The minimum Gasteiger partial charge on any atom is -0.392 e. The molecular formula is C10H19NO2. The van der Waals surface area contributed by atoms with Crippen LogP contribution in [0.2, 0.25) is 0 Å². The topological polar surface area (TPSA) is 40.5 Å². The van der Waals surface area contributed by atoms with Crippen LogP contribution in [0.5, 0.6) is 0 Å². The summed E-state index contributed by atoms with van der Waals surface area (Å²) in [5.41, 5.74) is 0. The van der Waals surface area contributed by atoms with Crippen molar-refractivity contribution in [3.63, 3.8) is 0 Å². The standard InChI is InChI=1S/C10H19NO2/c1-7-4-10(13)6-11(5-7)8(2)9(3)12/h7-8,10,13H,4-6H2,1-3H3/t7-,8?,10+/m0/s1. The molecule has 0 aliphatic carbocycles. The van der Waals surface area contributed by atoms with Crippen LogP contribution in [0.3, 0.4) is 0 Å². The van der Waals surface area contributed by atoms with Crippen LogP contribution in [0.25, 0.3) is 0 Å². The fourth-order valence-corrected chi connectivity index (χ4v) is 1.93. The number of aliphatic hydroxyl groups excluding tert-OH is 1. The molecule has 0 aromatic carbocycles. The summed E-state index contributed by atoms with van der Waals surface area (Å²) in [6, 6.07) is -0.0441. The first-order valence-corrected chi connectivity index (χ1v) is 4.93. The molecule has 0 aromatic rings. The molecule has 76 valence electrons. The van der Waals surface area contributed by atoms with Gasteiger partial charge in [0.05, 0.1) is 12.1 Å². The second-order valence-electron chi connectivity index (χ2n) is 4.24. The van der Waals surface area contributed by atoms with Crippen LogP contribution in [0.4, 0.5) is 0 Å². The molecule has 0 saturated carbocycles. The molecule has 1 fully saturated rings. The Kier molecular flexibility index (Phi) is 3.45. The van der Waals surface area contributed by atoms with Gasteiger partial charge in [-0.2, -0.15) is 0 Å². The third-order valence-electron chi connectivity index (χ3n) is 2.80. The largest absolute Gasteiger partial charge is 0.392 e. The van der Waals surface area contributed by atoms with Gasteiger partial charge in [-0.3, -0.25) is 9.69 Å². The van der Waals surface area contributed by atoms with Gasteiger partial charge in [0.2, 0.25) is 0 Å². The van der Waals surface area contributed by atoms with Crippen LogP contribution in [0, 0.1) is 5.92 Å². The van der Waals surface area contributed by atoms with Crippen LogP contribution in [0.1, 0.15) is 27.2 Å². The van der Waals surface area contributed by atoms with Gasteiger partial charge in [-0.15, -0.1) is 0 Å². The zero-order valence-electron chi connectivity index (χ0n) is 8.66. The first-order valence-electron chi connectivity index (χ1n) is 4.93. The number of nitrogens with zero attached hydrogens (tertiary/aromatic N) is 1. The van der Waals surface area contributed by atoms with E-state index in [4.69, 9.17) is 0 Å². The number of likely N-dealkylation sites (tertiary alicyclic amines) is 1. The van der Waals surface area contributed by atoms with Gasteiger partial charge in [0, 0.05) is 13.1 Å². The van der Waals surface area contributed by atoms with Gasteiger partial charge in [-0.1, -0.05) is 6.92 Å². The van der Waals surface area contributed by atoms with E-state index >= 15 is 0 Å². The van der Waals surface area contributed by atoms with Crippen molar-refractivity contribution in [2.75, 3.05) is 13.1 Å². The highest BCUT2D eigenvalue weighted by Gasteiger charge is 2.27. The Morgan fingerprint density at radius 2 is 2.15 bits per heavy atom. The summed E-state index contributed by atoms with van der Waals surface area (Å²) in [5.74, 6) is 0.673. The van der Waals surface area contributed by atoms with Crippen LogP contribution in [-0.4, -0.2) is 41.0 Å². The molecule has 3 heteroatoms. The fourth-order valence-electron chi connectivity index (χ4n) is 1.93. The number of Topliss-reactive ketones (excluding diaryl/α,β-unsaturated/α-hetero) is 1. The number of carbonyl (C=O) groups excluding carboxylic acids is 1. The second-order valence-corrected chi connectivity index (χ2v) is 4.24. The van der Waals surface area contributed by atoms with Gasteiger partial charge in [-0.05, 0) is 26.2 Å². The van der Waals surface area contributed by atoms with Crippen molar-refractivity contribution in [2.45, 2.75) is 39.3 Å². The Balaban J connectivity index is 2.54. The lowest BCUT2D eigenvalue weighted by Crippen LogP contribution is -2.48. The Morgan fingerprint density at radius 3 is 2.62 bits per heavy atom. The molecule has 0 spiro atoms. The van der Waals surface area contributed by atoms with Gasteiger partial charge in [0.1, 0.15) is 5.78 Å². The summed E-state index contributed by atoms with van der Waals surface area (Å²) in [6.45, 7) is 7.20. The molecule has 0 radical (unpaired) electrons. The summed E-state index contributed by atoms with van der Waals surface area (Å²) in [6.07, 6.45) is 0.603. The van der Waals surface area contributed by atoms with Gasteiger partial charge < -0.3 is 5.11 Å². The van der Waals surface area contributed by atoms with Crippen LogP contribution in [-0.2, 0) is 4.79 Å². The van der Waals surface area contributed by atoms with Crippen molar-refractivity contribution in [3.05, 3.63) is 0 Å². The highest BCUT2D eigenvalue weighted by molar-refractivity contribution is 5.80. The predicted molar refractivity (Wildman–Crippen MR) is 51.5 cm³/mol. The molecule has 1 aliphatic heterocycles. The molecule has 1 unspecified atom stereocenters. The van der Waals surface area contributed by atoms with Crippen molar-refractivity contribution in [3.8, 4) is 0 Å². The summed E-state index contributed by atoms with van der Waals surface area (Å²) < 4.78 is 0. The van der Waals surface area contributed by atoms with Gasteiger partial charge in [0.25, 0.3) is 0 Å². The first-order chi connectivity index (χ1) is 6.00. The second kappa shape index (κ2) is 4.20. The zero-order valence-corrected chi connectivity index (χ0v) is 8.66. The van der Waals surface area contributed by atoms with Gasteiger partial charge in [0.15, 0.2) is 0 Å². The Hall–Kier alpha value is -0.410. The molecular weight excluding hydrogens is 166 g/mol. The minimum absolute atomic E-state index is 0.0441. The lowest BCUT2D eigenvalue weighted by atomic mass is 9.96. The number of hydrogen-bond donors (Lipinski definition) is 1. The average Bonchev–Trinajstić information content (AvgIpc) is 2.01. The maximum atomic E-state index is 11.1. The Labute approximate surface area is 79.7 Å². The van der Waals surface area contributed by atoms with E-state index < -0.39 is 0 Å². The van der Waals surface area contributed by atoms with E-state index in [1.807, 2.05) is 6.92 Å². The minimum atomic E-state index is -0.259. The number of aliphatic hydroxyl groups is 1. The molecule has 1 rings (SSSR count). The van der Waals surface area contributed by atoms with E-state index in [2.05, 4.69) is 11.8 Å². The number of hydrogen-bond acceptors (Lipinski definition) is 3. The molecule has 1 N–H and O–H groups in total. The summed E-state index contributed by atoms with van der Waals surface area (Å²) in [5, 5.41) is 9.53. The van der Waals surface area contributed by atoms with E-state index in [1.165, 1.54) is 0 Å². The molecule has 1 aliphatic rings. The summed E-state index contributed by atoms with van der Waals surface area (Å²) in [4.78, 5) is 13.2. The van der Waals surface area contributed by atoms with Crippen LogP contribution in [0.15, 0.2) is 0 Å². The Bertz CT molecular complexity index is 183. The van der Waals surface area contributed by atoms with Crippen molar-refractivity contribution < 1.29 is 9.90 Å². The van der Waals surface area contributed by atoms with Crippen molar-refractivity contribution in [1.82, 2.24) is 4.90 Å². The third-order valence-corrected chi connectivity index (χ3v) is 2.80. The van der Waals surface area contributed by atoms with Crippen molar-refractivity contribution >= 4 is 5.78 Å². The molecule has 13 heavy (non-hydrogen) atoms. The molecule has 0 amide bonds. The maximum absolute atomic E-state index is 11.1. The monoisotopic (exact) mass is 185 g/mol. The number of carbonyl (C=O) groups is 1. The zero-order chi connectivity index (χ0) is 10.0. The van der Waals surface area contributed by atoms with Crippen LogP contribution < -0.4 is 0 Å². The quantitative estimate of drug-likeness (QED) is 0.687. The number of ketones is 1. The smallest absolute Gasteiger partial charge is 0.146 e. The van der Waals surface area contributed by atoms with Gasteiger partial charge in [-0.25, -0.2) is 0 Å². The lowest BCUT2D eigenvalue weighted by Gasteiger charge is -2.37. The molecule has 3 atom stereocenters. The van der Waals surface area contributed by atoms with E-state index in [0.717, 1.165) is 13.0 Å². The molecule has 1 saturated heterocycles. The SMILES string of the molecule is CC(=O)C(C)N1C[C@@H](C)C[C@@H](O)C1. The highest BCUT2D eigenvalue weighted by atomic mass is 16.3. The first kappa shape index (κ1) is 10.7.